The Bertz CT molecular complexity index is 1340. The second-order valence-electron chi connectivity index (χ2n) is 10.1. The van der Waals surface area contributed by atoms with E-state index in [1.807, 2.05) is 22.9 Å². The van der Waals surface area contributed by atoms with Gasteiger partial charge in [0.25, 0.3) is 5.56 Å². The molecule has 0 bridgehead atoms. The van der Waals surface area contributed by atoms with Gasteiger partial charge in [-0.3, -0.25) is 9.69 Å². The van der Waals surface area contributed by atoms with Gasteiger partial charge in [0.15, 0.2) is 5.82 Å². The molecule has 2 aromatic heterocycles. The van der Waals surface area contributed by atoms with E-state index in [0.717, 1.165) is 54.5 Å². The van der Waals surface area contributed by atoms with Crippen molar-refractivity contribution in [3.63, 3.8) is 0 Å². The van der Waals surface area contributed by atoms with E-state index in [4.69, 9.17) is 0 Å². The number of nitrogens with one attached hydrogen (secondary N) is 1. The molecule has 36 heavy (non-hydrogen) atoms. The Labute approximate surface area is 212 Å². The summed E-state index contributed by atoms with van der Waals surface area (Å²) in [6.45, 7) is 5.61. The number of aryl methyl sites for hydroxylation is 3. The molecule has 7 nitrogen and oxygen atoms in total. The van der Waals surface area contributed by atoms with E-state index < -0.39 is 0 Å². The van der Waals surface area contributed by atoms with Gasteiger partial charge in [-0.2, -0.15) is 0 Å². The maximum Gasteiger partial charge on any atom is 0.252 e. The number of hydrogen-bond donors (Lipinski definition) is 1. The first-order valence-corrected chi connectivity index (χ1v) is 13.3. The number of aromatic amines is 1. The van der Waals surface area contributed by atoms with Crippen LogP contribution in [0, 0.1) is 6.92 Å². The number of hydrogen-bond acceptors (Lipinski definition) is 5. The Morgan fingerprint density at radius 1 is 1.08 bits per heavy atom. The minimum Gasteiger partial charge on any atom is -0.322 e. The van der Waals surface area contributed by atoms with Gasteiger partial charge in [-0.15, -0.1) is 5.10 Å². The lowest BCUT2D eigenvalue weighted by Gasteiger charge is -2.39. The normalized spacial score (nSPS) is 15.5. The quantitative estimate of drug-likeness (QED) is 0.346. The molecule has 4 aromatic rings. The van der Waals surface area contributed by atoms with Crippen molar-refractivity contribution >= 4 is 10.9 Å². The third kappa shape index (κ3) is 5.41. The summed E-state index contributed by atoms with van der Waals surface area (Å²) in [4.78, 5) is 18.8. The maximum absolute atomic E-state index is 13.1. The summed E-state index contributed by atoms with van der Waals surface area (Å²) < 4.78 is 1.96. The summed E-state index contributed by atoms with van der Waals surface area (Å²) in [6, 6.07) is 19.2. The molecule has 0 aliphatic heterocycles. The maximum atomic E-state index is 13.1. The molecular formula is C29H36N6O. The lowest BCUT2D eigenvalue weighted by atomic mass is 9.92. The fourth-order valence-electron chi connectivity index (χ4n) is 5.65. The van der Waals surface area contributed by atoms with Crippen molar-refractivity contribution in [1.29, 1.82) is 0 Å². The molecule has 1 fully saturated rings. The van der Waals surface area contributed by atoms with Crippen molar-refractivity contribution in [2.45, 2.75) is 84.0 Å². The Morgan fingerprint density at radius 2 is 1.89 bits per heavy atom. The van der Waals surface area contributed by atoms with Crippen LogP contribution >= 0.6 is 0 Å². The zero-order valence-corrected chi connectivity index (χ0v) is 21.4. The summed E-state index contributed by atoms with van der Waals surface area (Å²) in [5.74, 6) is 0.895. The average molecular weight is 485 g/mol. The van der Waals surface area contributed by atoms with Crippen LogP contribution in [0.3, 0.4) is 0 Å². The summed E-state index contributed by atoms with van der Waals surface area (Å²) in [7, 11) is 0. The van der Waals surface area contributed by atoms with Crippen molar-refractivity contribution in [3.05, 3.63) is 87.5 Å². The molecule has 1 aliphatic carbocycles. The zero-order chi connectivity index (χ0) is 24.9. The average Bonchev–Trinajstić information content (AvgIpc) is 3.37. The van der Waals surface area contributed by atoms with E-state index in [9.17, 15) is 4.79 Å². The lowest BCUT2D eigenvalue weighted by Crippen LogP contribution is -2.41. The highest BCUT2D eigenvalue weighted by molar-refractivity contribution is 5.79. The van der Waals surface area contributed by atoms with Crippen molar-refractivity contribution in [2.75, 3.05) is 0 Å². The van der Waals surface area contributed by atoms with E-state index in [1.54, 1.807) is 0 Å². The first-order valence-electron chi connectivity index (χ1n) is 13.3. The van der Waals surface area contributed by atoms with Gasteiger partial charge in [0, 0.05) is 30.2 Å². The number of nitrogens with zero attached hydrogens (tertiary/aromatic N) is 5. The van der Waals surface area contributed by atoms with E-state index in [0.29, 0.717) is 12.6 Å². The molecule has 7 heteroatoms. The van der Waals surface area contributed by atoms with Gasteiger partial charge in [0.05, 0.1) is 6.04 Å². The highest BCUT2D eigenvalue weighted by atomic mass is 16.1. The van der Waals surface area contributed by atoms with Gasteiger partial charge in [-0.05, 0) is 72.2 Å². The molecule has 1 atom stereocenters. The van der Waals surface area contributed by atoms with Crippen LogP contribution in [0.1, 0.15) is 74.0 Å². The van der Waals surface area contributed by atoms with Gasteiger partial charge in [-0.1, -0.05) is 68.1 Å². The molecule has 0 radical (unpaired) electrons. The number of rotatable bonds is 9. The van der Waals surface area contributed by atoms with Crippen molar-refractivity contribution in [2.24, 2.45) is 0 Å². The van der Waals surface area contributed by atoms with Crippen LogP contribution in [-0.4, -0.2) is 36.1 Å². The molecule has 2 aromatic carbocycles. The molecule has 1 N–H and O–H groups in total. The fourth-order valence-corrected chi connectivity index (χ4v) is 5.65. The van der Waals surface area contributed by atoms with Crippen LogP contribution in [0.4, 0.5) is 0 Å². The monoisotopic (exact) mass is 484 g/mol. The first kappa shape index (κ1) is 24.4. The highest BCUT2D eigenvalue weighted by Gasteiger charge is 2.32. The molecule has 5 rings (SSSR count). The molecule has 2 heterocycles. The van der Waals surface area contributed by atoms with Crippen LogP contribution in [0.5, 0.6) is 0 Å². The molecule has 1 unspecified atom stereocenters. The van der Waals surface area contributed by atoms with Crippen molar-refractivity contribution in [1.82, 2.24) is 30.1 Å². The number of tetrazole rings is 1. The lowest BCUT2D eigenvalue weighted by molar-refractivity contribution is 0.0841. The number of pyridine rings is 1. The van der Waals surface area contributed by atoms with Crippen LogP contribution in [0.25, 0.3) is 10.9 Å². The molecule has 0 saturated heterocycles. The van der Waals surface area contributed by atoms with Crippen molar-refractivity contribution < 1.29 is 0 Å². The van der Waals surface area contributed by atoms with Gasteiger partial charge < -0.3 is 4.98 Å². The predicted octanol–water partition coefficient (Wildman–Crippen LogP) is 5.35. The van der Waals surface area contributed by atoms with Crippen LogP contribution in [-0.2, 0) is 19.5 Å². The largest absolute Gasteiger partial charge is 0.322 e. The minimum atomic E-state index is -0.00863. The first-order chi connectivity index (χ1) is 17.6. The van der Waals surface area contributed by atoms with Crippen LogP contribution in [0.2, 0.25) is 0 Å². The number of aromatic nitrogens is 5. The third-order valence-electron chi connectivity index (χ3n) is 7.57. The van der Waals surface area contributed by atoms with Gasteiger partial charge in [0.1, 0.15) is 0 Å². The molecule has 0 amide bonds. The Balaban J connectivity index is 1.46. The summed E-state index contributed by atoms with van der Waals surface area (Å²) in [5.41, 5.74) is 4.14. The summed E-state index contributed by atoms with van der Waals surface area (Å²) in [5, 5.41) is 14.0. The third-order valence-corrected chi connectivity index (χ3v) is 7.57. The van der Waals surface area contributed by atoms with Crippen LogP contribution in [0.15, 0.2) is 59.4 Å². The topological polar surface area (TPSA) is 79.7 Å². The molecular weight excluding hydrogens is 448 g/mol. The standard InChI is InChI=1S/C29H36N6O/c1-3-27(28-31-32-33-35(28)17-16-22-10-6-4-7-11-22)34(25-12-8-5-9-13-25)20-24-19-23-18-21(2)14-15-26(23)30-29(24)36/h4,6-7,10-11,14-15,18-19,25,27H,3,5,8-9,12-13,16-17,20H2,1-2H3,(H,30,36). The Morgan fingerprint density at radius 3 is 2.67 bits per heavy atom. The highest BCUT2D eigenvalue weighted by Crippen LogP contribution is 2.33. The number of benzene rings is 2. The minimum absolute atomic E-state index is 0.00863. The fraction of sp³-hybridized carbons (Fsp3) is 0.448. The second kappa shape index (κ2) is 11.2. The predicted molar refractivity (Wildman–Crippen MR) is 143 cm³/mol. The van der Waals surface area contributed by atoms with Crippen molar-refractivity contribution in [3.8, 4) is 0 Å². The van der Waals surface area contributed by atoms with Gasteiger partial charge >= 0.3 is 0 Å². The Hall–Kier alpha value is -3.32. The molecule has 1 saturated carbocycles. The summed E-state index contributed by atoms with van der Waals surface area (Å²) >= 11 is 0. The van der Waals surface area contributed by atoms with Gasteiger partial charge in [-0.25, -0.2) is 4.68 Å². The van der Waals surface area contributed by atoms with Crippen LogP contribution < -0.4 is 5.56 Å². The van der Waals surface area contributed by atoms with E-state index >= 15 is 0 Å². The Kier molecular flexibility index (Phi) is 7.56. The van der Waals surface area contributed by atoms with E-state index in [1.165, 1.54) is 30.4 Å². The van der Waals surface area contributed by atoms with Gasteiger partial charge in [0.2, 0.25) is 0 Å². The summed E-state index contributed by atoms with van der Waals surface area (Å²) in [6.07, 6.45) is 7.79. The zero-order valence-electron chi connectivity index (χ0n) is 21.4. The number of H-pyrrole nitrogens is 1. The molecule has 188 valence electrons. The van der Waals surface area contributed by atoms with E-state index in [2.05, 4.69) is 75.7 Å². The molecule has 0 spiro atoms. The SMILES string of the molecule is CCC(c1nnnn1CCc1ccccc1)N(Cc1cc2cc(C)ccc2[nH]c1=O)C1CCCCC1. The number of fused-ring (bicyclic) bond motifs is 1. The second-order valence-corrected chi connectivity index (χ2v) is 10.1. The molecule has 1 aliphatic rings. The smallest absolute Gasteiger partial charge is 0.252 e. The van der Waals surface area contributed by atoms with E-state index in [-0.39, 0.29) is 11.6 Å².